The summed E-state index contributed by atoms with van der Waals surface area (Å²) in [6.45, 7) is -1.24. The lowest BCUT2D eigenvalue weighted by Gasteiger charge is -2.43. The summed E-state index contributed by atoms with van der Waals surface area (Å²) in [4.78, 5) is 28.6. The van der Waals surface area contributed by atoms with Gasteiger partial charge in [-0.05, 0) is 40.8 Å². The van der Waals surface area contributed by atoms with E-state index in [-0.39, 0.29) is 29.6 Å². The van der Waals surface area contributed by atoms with Crippen molar-refractivity contribution < 1.29 is 32.6 Å². The lowest BCUT2D eigenvalue weighted by atomic mass is 9.93. The molecule has 1 amide bonds. The average molecular weight is 595 g/mol. The van der Waals surface area contributed by atoms with Crippen LogP contribution < -0.4 is 9.46 Å². The van der Waals surface area contributed by atoms with Crippen LogP contribution in [0.15, 0.2) is 60.9 Å². The van der Waals surface area contributed by atoms with Crippen LogP contribution in [0.3, 0.4) is 0 Å². The molecule has 2 aromatic carbocycles. The minimum absolute atomic E-state index is 0.0735. The topological polar surface area (TPSA) is 138 Å². The second kappa shape index (κ2) is 12.2. The van der Waals surface area contributed by atoms with Crippen molar-refractivity contribution in [3.05, 3.63) is 93.2 Å². The van der Waals surface area contributed by atoms with Gasteiger partial charge >= 0.3 is 12.1 Å². The Labute approximate surface area is 235 Å². The van der Waals surface area contributed by atoms with E-state index in [4.69, 9.17) is 37.8 Å². The van der Waals surface area contributed by atoms with Gasteiger partial charge in [-0.25, -0.2) is 9.80 Å². The Morgan fingerprint density at radius 2 is 1.82 bits per heavy atom. The second-order valence-electron chi connectivity index (χ2n) is 8.46. The molecular formula is C25H24Cl2N4O7S. The molecule has 11 nitrogen and oxygen atoms in total. The number of rotatable bonds is 9. The number of hydrazine groups is 1. The molecule has 1 unspecified atom stereocenters. The predicted molar refractivity (Wildman–Crippen MR) is 142 cm³/mol. The van der Waals surface area contributed by atoms with Gasteiger partial charge in [0.1, 0.15) is 18.9 Å². The van der Waals surface area contributed by atoms with Crippen LogP contribution in [0, 0.1) is 0 Å². The van der Waals surface area contributed by atoms with E-state index in [1.165, 1.54) is 19.5 Å². The molecule has 3 aromatic rings. The van der Waals surface area contributed by atoms with Crippen LogP contribution in [-0.2, 0) is 39.3 Å². The quantitative estimate of drug-likeness (QED) is 0.379. The second-order valence-corrected chi connectivity index (χ2v) is 10.9. The van der Waals surface area contributed by atoms with Gasteiger partial charge in [-0.3, -0.25) is 9.78 Å². The number of aliphatic carboxylic acids is 1. The first-order valence-corrected chi connectivity index (χ1v) is 13.7. The Morgan fingerprint density at radius 3 is 2.46 bits per heavy atom. The molecule has 0 spiro atoms. The fraction of sp³-hybridized carbons (Fsp3) is 0.240. The van der Waals surface area contributed by atoms with Crippen molar-refractivity contribution in [3.8, 4) is 5.75 Å². The number of pyridine rings is 1. The largest absolute Gasteiger partial charge is 0.497 e. The summed E-state index contributed by atoms with van der Waals surface area (Å²) in [7, 11) is -3.13. The Balaban J connectivity index is 1.81. The third-order valence-electron chi connectivity index (χ3n) is 5.95. The van der Waals surface area contributed by atoms with Gasteiger partial charge in [0.05, 0.1) is 29.7 Å². The zero-order valence-electron chi connectivity index (χ0n) is 20.6. The van der Waals surface area contributed by atoms with E-state index >= 15 is 0 Å². The van der Waals surface area contributed by atoms with Crippen LogP contribution in [0.2, 0.25) is 10.0 Å². The monoisotopic (exact) mass is 594 g/mol. The molecule has 1 aliphatic heterocycles. The number of halogens is 2. The zero-order valence-corrected chi connectivity index (χ0v) is 22.9. The highest BCUT2D eigenvalue weighted by Crippen LogP contribution is 2.40. The van der Waals surface area contributed by atoms with E-state index in [2.05, 4.69) is 4.98 Å². The molecule has 206 valence electrons. The molecule has 39 heavy (non-hydrogen) atoms. The lowest BCUT2D eigenvalue weighted by Crippen LogP contribution is -2.57. The van der Waals surface area contributed by atoms with Crippen molar-refractivity contribution in [2.75, 3.05) is 13.7 Å². The first-order valence-electron chi connectivity index (χ1n) is 11.5. The smallest absolute Gasteiger partial charge is 0.426 e. The van der Waals surface area contributed by atoms with E-state index in [9.17, 15) is 18.0 Å². The number of benzene rings is 2. The van der Waals surface area contributed by atoms with Gasteiger partial charge in [0.15, 0.2) is 0 Å². The number of carboxylic acid groups (broad SMARTS) is 1. The highest BCUT2D eigenvalue weighted by molar-refractivity contribution is 7.87. The molecule has 0 fully saturated rings. The van der Waals surface area contributed by atoms with E-state index in [0.717, 1.165) is 9.42 Å². The highest BCUT2D eigenvalue weighted by atomic mass is 35.5. The molecule has 4 rings (SSSR count). The number of carbonyl (C=O) groups excluding carboxylic acids is 1. The van der Waals surface area contributed by atoms with Crippen LogP contribution in [0.25, 0.3) is 0 Å². The molecule has 0 aliphatic carbocycles. The van der Waals surface area contributed by atoms with Crippen LogP contribution in [0.4, 0.5) is 4.79 Å². The number of methoxy groups -OCH3 is 1. The highest BCUT2D eigenvalue weighted by Gasteiger charge is 2.44. The maximum Gasteiger partial charge on any atom is 0.426 e. The molecule has 2 N–H and O–H groups in total. The Morgan fingerprint density at radius 1 is 1.13 bits per heavy atom. The Bertz CT molecular complexity index is 1450. The first kappa shape index (κ1) is 28.6. The summed E-state index contributed by atoms with van der Waals surface area (Å²) in [5.41, 5.74) is 2.20. The summed E-state index contributed by atoms with van der Waals surface area (Å²) < 4.78 is 40.8. The van der Waals surface area contributed by atoms with Crippen LogP contribution in [0.1, 0.15) is 28.3 Å². The number of hydrogen-bond donors (Lipinski definition) is 2. The summed E-state index contributed by atoms with van der Waals surface area (Å²) in [6, 6.07) is 12.8. The fourth-order valence-electron chi connectivity index (χ4n) is 4.16. The van der Waals surface area contributed by atoms with Crippen LogP contribution >= 0.6 is 23.2 Å². The third-order valence-corrected chi connectivity index (χ3v) is 8.06. The molecule has 0 saturated carbocycles. The van der Waals surface area contributed by atoms with E-state index in [1.54, 1.807) is 42.5 Å². The van der Waals surface area contributed by atoms with Crippen LogP contribution in [0.5, 0.6) is 5.75 Å². The fourth-order valence-corrected chi connectivity index (χ4v) is 6.02. The number of nitrogens with zero attached hydrogens (tertiary/aromatic N) is 3. The summed E-state index contributed by atoms with van der Waals surface area (Å²) >= 11 is 12.7. The van der Waals surface area contributed by atoms with Crippen molar-refractivity contribution in [1.29, 1.82) is 0 Å². The molecule has 1 aliphatic rings. The summed E-state index contributed by atoms with van der Waals surface area (Å²) in [5, 5.41) is 10.4. The number of ether oxygens (including phenoxy) is 2. The van der Waals surface area contributed by atoms with Crippen molar-refractivity contribution in [1.82, 2.24) is 19.1 Å². The minimum atomic E-state index is -4.61. The number of carbonyl (C=O) groups is 2. The molecule has 0 saturated heterocycles. The average Bonchev–Trinajstić information content (AvgIpc) is 2.92. The Hall–Kier alpha value is -3.42. The predicted octanol–water partition coefficient (Wildman–Crippen LogP) is 3.97. The van der Waals surface area contributed by atoms with Gasteiger partial charge in [-0.2, -0.15) is 13.1 Å². The summed E-state index contributed by atoms with van der Waals surface area (Å²) in [5.74, 6) is -0.916. The standard InChI is InChI=1S/C25H24Cl2N4O7S/c1-37-18-7-8-19-17(9-18)14-30(25(34)38-15-16-5-3-2-4-6-16)31(39(35,36)29-13-24(32)33)23(19)10-20-21(26)11-28-12-22(20)27/h2-9,11-12,23,29H,10,13-15H2,1H3,(H,32,33). The summed E-state index contributed by atoms with van der Waals surface area (Å²) in [6.07, 6.45) is 1.70. The number of amides is 1. The maximum absolute atomic E-state index is 13.6. The molecule has 14 heteroatoms. The number of carboxylic acids is 1. The van der Waals surface area contributed by atoms with E-state index in [1.807, 2.05) is 10.8 Å². The molecular weight excluding hydrogens is 571 g/mol. The van der Waals surface area contributed by atoms with Gasteiger partial charge in [0.2, 0.25) is 0 Å². The minimum Gasteiger partial charge on any atom is -0.497 e. The maximum atomic E-state index is 13.6. The molecule has 0 bridgehead atoms. The van der Waals surface area contributed by atoms with Crippen molar-refractivity contribution in [3.63, 3.8) is 0 Å². The number of fused-ring (bicyclic) bond motifs is 1. The number of nitrogens with one attached hydrogen (secondary N) is 1. The van der Waals surface area contributed by atoms with Gasteiger partial charge < -0.3 is 14.6 Å². The lowest BCUT2D eigenvalue weighted by molar-refractivity contribution is -0.135. The molecule has 1 atom stereocenters. The zero-order chi connectivity index (χ0) is 28.2. The molecule has 1 aromatic heterocycles. The van der Waals surface area contributed by atoms with Gasteiger partial charge in [0, 0.05) is 12.4 Å². The normalized spacial score (nSPS) is 15.5. The Kier molecular flexibility index (Phi) is 8.93. The van der Waals surface area contributed by atoms with Gasteiger partial charge in [-0.1, -0.05) is 64.0 Å². The first-order chi connectivity index (χ1) is 18.6. The van der Waals surface area contributed by atoms with Gasteiger partial charge in [0.25, 0.3) is 10.2 Å². The van der Waals surface area contributed by atoms with E-state index in [0.29, 0.717) is 28.0 Å². The van der Waals surface area contributed by atoms with Crippen molar-refractivity contribution in [2.24, 2.45) is 0 Å². The number of aromatic nitrogens is 1. The SMILES string of the molecule is COc1ccc2c(c1)CN(C(=O)OCc1ccccc1)N(S(=O)(=O)NCC(=O)O)C2Cc1c(Cl)cncc1Cl. The van der Waals surface area contributed by atoms with Crippen molar-refractivity contribution in [2.45, 2.75) is 25.6 Å². The molecule has 2 heterocycles. The third kappa shape index (κ3) is 6.60. The molecule has 0 radical (unpaired) electrons. The number of hydrogen-bond acceptors (Lipinski definition) is 7. The van der Waals surface area contributed by atoms with Crippen LogP contribution in [-0.4, -0.2) is 53.6 Å². The van der Waals surface area contributed by atoms with Crippen molar-refractivity contribution >= 4 is 45.5 Å². The van der Waals surface area contributed by atoms with Gasteiger partial charge in [-0.15, -0.1) is 0 Å². The van der Waals surface area contributed by atoms with E-state index < -0.39 is 34.9 Å².